The Morgan fingerprint density at radius 3 is 2.46 bits per heavy atom. The Labute approximate surface area is 162 Å². The van der Waals surface area contributed by atoms with E-state index >= 15 is 0 Å². The van der Waals surface area contributed by atoms with Crippen molar-refractivity contribution in [2.75, 3.05) is 31.1 Å². The van der Waals surface area contributed by atoms with E-state index < -0.39 is 10.0 Å². The second kappa shape index (κ2) is 6.24. The van der Waals surface area contributed by atoms with Gasteiger partial charge in [0.15, 0.2) is 11.5 Å². The molecule has 0 aromatic carbocycles. The van der Waals surface area contributed by atoms with Crippen LogP contribution in [-0.2, 0) is 10.0 Å². The predicted molar refractivity (Wildman–Crippen MR) is 102 cm³/mol. The number of aryl methyl sites for hydroxylation is 2. The van der Waals surface area contributed by atoms with E-state index in [-0.39, 0.29) is 0 Å². The van der Waals surface area contributed by atoms with Crippen molar-refractivity contribution in [3.05, 3.63) is 29.3 Å². The van der Waals surface area contributed by atoms with Crippen molar-refractivity contribution in [1.29, 1.82) is 0 Å². The largest absolute Gasteiger partial charge is 0.353 e. The monoisotopic (exact) mass is 402 g/mol. The van der Waals surface area contributed by atoms with Crippen molar-refractivity contribution in [2.24, 2.45) is 0 Å². The molecule has 1 saturated carbocycles. The summed E-state index contributed by atoms with van der Waals surface area (Å²) in [6, 6.07) is 3.84. The summed E-state index contributed by atoms with van der Waals surface area (Å²) in [5.74, 6) is 2.20. The van der Waals surface area contributed by atoms with Gasteiger partial charge in [-0.05, 0) is 38.8 Å². The summed E-state index contributed by atoms with van der Waals surface area (Å²) in [7, 11) is -3.55. The van der Waals surface area contributed by atoms with Crippen molar-refractivity contribution in [1.82, 2.24) is 34.3 Å². The number of anilines is 1. The number of hydrogen-bond acceptors (Lipinski definition) is 7. The minimum absolute atomic E-state index is 0.291. The molecule has 1 aliphatic carbocycles. The van der Waals surface area contributed by atoms with E-state index in [2.05, 4.69) is 25.3 Å². The Morgan fingerprint density at radius 1 is 1.07 bits per heavy atom. The fraction of sp³-hybridized carbons (Fsp3) is 0.529. The molecule has 0 unspecified atom stereocenters. The number of hydrogen-bond donors (Lipinski definition) is 1. The van der Waals surface area contributed by atoms with Gasteiger partial charge >= 0.3 is 0 Å². The zero-order chi connectivity index (χ0) is 19.5. The average Bonchev–Trinajstić information content (AvgIpc) is 3.35. The molecule has 1 aliphatic heterocycles. The zero-order valence-corrected chi connectivity index (χ0v) is 16.6. The van der Waals surface area contributed by atoms with Gasteiger partial charge in [0.05, 0.1) is 11.4 Å². The van der Waals surface area contributed by atoms with Gasteiger partial charge in [-0.1, -0.05) is 0 Å². The number of fused-ring (bicyclic) bond motifs is 1. The Balaban J connectivity index is 1.36. The third kappa shape index (κ3) is 2.76. The first-order chi connectivity index (χ1) is 13.4. The molecule has 10 nitrogen and oxygen atoms in total. The van der Waals surface area contributed by atoms with Crippen LogP contribution in [-0.4, -0.2) is 68.9 Å². The van der Waals surface area contributed by atoms with Crippen LogP contribution >= 0.6 is 0 Å². The summed E-state index contributed by atoms with van der Waals surface area (Å²) in [4.78, 5) is 2.40. The van der Waals surface area contributed by atoms with E-state index in [1.807, 2.05) is 16.6 Å². The molecule has 1 saturated heterocycles. The molecule has 0 radical (unpaired) electrons. The lowest BCUT2D eigenvalue weighted by atomic mass is 10.3. The van der Waals surface area contributed by atoms with Gasteiger partial charge in [0.25, 0.3) is 0 Å². The van der Waals surface area contributed by atoms with Gasteiger partial charge in [-0.3, -0.25) is 5.10 Å². The van der Waals surface area contributed by atoms with Crippen LogP contribution in [0.4, 0.5) is 5.82 Å². The Morgan fingerprint density at radius 2 is 1.82 bits per heavy atom. The van der Waals surface area contributed by atoms with E-state index in [0.717, 1.165) is 30.1 Å². The number of aromatic amines is 1. The maximum absolute atomic E-state index is 13.0. The van der Waals surface area contributed by atoms with Crippen LogP contribution in [0.25, 0.3) is 5.65 Å². The van der Waals surface area contributed by atoms with Crippen LogP contribution in [0.5, 0.6) is 0 Å². The first-order valence-electron chi connectivity index (χ1n) is 9.44. The number of piperazine rings is 1. The molecule has 3 aromatic rings. The minimum Gasteiger partial charge on any atom is -0.353 e. The number of aromatic nitrogens is 6. The maximum atomic E-state index is 13.0. The van der Waals surface area contributed by atoms with Crippen molar-refractivity contribution < 1.29 is 8.42 Å². The summed E-state index contributed by atoms with van der Waals surface area (Å²) in [6.45, 7) is 5.41. The van der Waals surface area contributed by atoms with Crippen LogP contribution in [0.3, 0.4) is 0 Å². The van der Waals surface area contributed by atoms with Crippen LogP contribution in [0, 0.1) is 13.8 Å². The van der Waals surface area contributed by atoms with E-state index in [9.17, 15) is 8.42 Å². The molecule has 11 heteroatoms. The quantitative estimate of drug-likeness (QED) is 0.688. The summed E-state index contributed by atoms with van der Waals surface area (Å²) >= 11 is 0. The first kappa shape index (κ1) is 17.6. The van der Waals surface area contributed by atoms with Gasteiger partial charge in [-0.15, -0.1) is 15.3 Å². The highest BCUT2D eigenvalue weighted by molar-refractivity contribution is 7.89. The fourth-order valence-electron chi connectivity index (χ4n) is 3.77. The standard InChI is InChI=1S/C17H22N8O2S/c1-11-16(12(2)19-18-11)28(26,27)24-9-7-23(8-10-24)15-6-5-14-20-21-17(13-3-4-13)25(14)22-15/h5-6,13H,3-4,7-10H2,1-2H3,(H,18,19). The molecule has 2 fully saturated rings. The molecule has 0 amide bonds. The normalized spacial score (nSPS) is 18.9. The lowest BCUT2D eigenvalue weighted by Crippen LogP contribution is -2.49. The first-order valence-corrected chi connectivity index (χ1v) is 10.9. The minimum atomic E-state index is -3.55. The van der Waals surface area contributed by atoms with Crippen molar-refractivity contribution in [3.63, 3.8) is 0 Å². The highest BCUT2D eigenvalue weighted by Gasteiger charge is 2.33. The summed E-state index contributed by atoms with van der Waals surface area (Å²) in [6.07, 6.45) is 2.27. The van der Waals surface area contributed by atoms with Crippen LogP contribution in [0.15, 0.2) is 17.0 Å². The zero-order valence-electron chi connectivity index (χ0n) is 15.8. The van der Waals surface area contributed by atoms with E-state index in [4.69, 9.17) is 5.10 Å². The third-order valence-corrected chi connectivity index (χ3v) is 7.60. The average molecular weight is 402 g/mol. The molecular weight excluding hydrogens is 380 g/mol. The molecule has 0 bridgehead atoms. The summed E-state index contributed by atoms with van der Waals surface area (Å²) in [5, 5.41) is 20.0. The van der Waals surface area contributed by atoms with Crippen LogP contribution in [0.1, 0.15) is 36.0 Å². The highest BCUT2D eigenvalue weighted by Crippen LogP contribution is 2.38. The van der Waals surface area contributed by atoms with Crippen LogP contribution < -0.4 is 4.90 Å². The van der Waals surface area contributed by atoms with E-state index in [0.29, 0.717) is 48.4 Å². The second-order valence-electron chi connectivity index (χ2n) is 7.45. The molecule has 148 valence electrons. The van der Waals surface area contributed by atoms with Crippen LogP contribution in [0.2, 0.25) is 0 Å². The number of rotatable bonds is 4. The Bertz CT molecular complexity index is 1120. The van der Waals surface area contributed by atoms with Gasteiger partial charge in [0, 0.05) is 32.1 Å². The molecule has 2 aliphatic rings. The third-order valence-electron chi connectivity index (χ3n) is 5.44. The van der Waals surface area contributed by atoms with Gasteiger partial charge in [0.1, 0.15) is 10.7 Å². The number of sulfonamides is 1. The van der Waals surface area contributed by atoms with Crippen molar-refractivity contribution in [2.45, 2.75) is 37.5 Å². The lowest BCUT2D eigenvalue weighted by molar-refractivity contribution is 0.383. The molecule has 3 aromatic heterocycles. The van der Waals surface area contributed by atoms with E-state index in [1.165, 1.54) is 4.31 Å². The molecule has 28 heavy (non-hydrogen) atoms. The lowest BCUT2D eigenvalue weighted by Gasteiger charge is -2.34. The number of nitrogens with one attached hydrogen (secondary N) is 1. The number of H-pyrrole nitrogens is 1. The van der Waals surface area contributed by atoms with Gasteiger partial charge in [-0.25, -0.2) is 8.42 Å². The molecular formula is C17H22N8O2S. The maximum Gasteiger partial charge on any atom is 0.246 e. The molecule has 0 spiro atoms. The molecule has 0 atom stereocenters. The molecule has 4 heterocycles. The summed E-state index contributed by atoms with van der Waals surface area (Å²) in [5.41, 5.74) is 1.83. The topological polar surface area (TPSA) is 112 Å². The van der Waals surface area contributed by atoms with Crippen molar-refractivity contribution >= 4 is 21.5 Å². The smallest absolute Gasteiger partial charge is 0.246 e. The van der Waals surface area contributed by atoms with E-state index in [1.54, 1.807) is 13.8 Å². The second-order valence-corrected chi connectivity index (χ2v) is 9.32. The van der Waals surface area contributed by atoms with Gasteiger partial charge in [0.2, 0.25) is 10.0 Å². The summed E-state index contributed by atoms with van der Waals surface area (Å²) < 4.78 is 29.4. The SMILES string of the molecule is Cc1n[nH]c(C)c1S(=O)(=O)N1CCN(c2ccc3nnc(C4CC4)n3n2)CC1. The highest BCUT2D eigenvalue weighted by atomic mass is 32.2. The Kier molecular flexibility index (Phi) is 3.91. The van der Waals surface area contributed by atoms with Gasteiger partial charge < -0.3 is 4.90 Å². The Hall–Kier alpha value is -2.53. The fourth-order valence-corrected chi connectivity index (χ4v) is 5.52. The predicted octanol–water partition coefficient (Wildman–Crippen LogP) is 0.853. The number of nitrogens with zero attached hydrogens (tertiary/aromatic N) is 7. The van der Waals surface area contributed by atoms with Crippen molar-refractivity contribution in [3.8, 4) is 0 Å². The van der Waals surface area contributed by atoms with Gasteiger partial charge in [-0.2, -0.15) is 13.9 Å². The molecule has 5 rings (SSSR count). The molecule has 1 N–H and O–H groups in total.